The molecule has 0 aliphatic heterocycles. The van der Waals surface area contributed by atoms with Gasteiger partial charge in [0.05, 0.1) is 35.5 Å². The van der Waals surface area contributed by atoms with Gasteiger partial charge in [-0.3, -0.25) is 9.59 Å². The Morgan fingerprint density at radius 1 is 1.19 bits per heavy atom. The third-order valence-electron chi connectivity index (χ3n) is 4.92. The molecule has 0 unspecified atom stereocenters. The highest BCUT2D eigenvalue weighted by Crippen LogP contribution is 2.34. The number of amides is 2. The molecule has 31 heavy (non-hydrogen) atoms. The van der Waals surface area contributed by atoms with Gasteiger partial charge in [-0.25, -0.2) is 4.98 Å². The van der Waals surface area contributed by atoms with Crippen LogP contribution in [0, 0.1) is 0 Å². The Hall–Kier alpha value is -2.53. The molecule has 2 aromatic rings. The summed E-state index contributed by atoms with van der Waals surface area (Å²) in [5.74, 6) is -1.07. The Labute approximate surface area is 181 Å². The quantitative estimate of drug-likeness (QED) is 0.531. The Kier molecular flexibility index (Phi) is 7.60. The molecular formula is C20H23F3N4O3S. The topological polar surface area (TPSA) is 96.2 Å². The number of carbonyl (C=O) groups is 2. The molecule has 0 radical (unpaired) electrons. The van der Waals surface area contributed by atoms with Crippen LogP contribution in [0.3, 0.4) is 0 Å². The first-order valence-electron chi connectivity index (χ1n) is 9.81. The minimum absolute atomic E-state index is 0.0622. The molecule has 0 bridgehead atoms. The zero-order valence-electron chi connectivity index (χ0n) is 16.6. The number of aliphatic hydroxyl groups excluding tert-OH is 1. The van der Waals surface area contributed by atoms with Gasteiger partial charge in [0.1, 0.15) is 6.54 Å². The van der Waals surface area contributed by atoms with E-state index in [4.69, 9.17) is 0 Å². The summed E-state index contributed by atoms with van der Waals surface area (Å²) in [5, 5.41) is 15.1. The third kappa shape index (κ3) is 6.23. The molecule has 1 heterocycles. The van der Waals surface area contributed by atoms with Crippen molar-refractivity contribution in [1.29, 1.82) is 0 Å². The summed E-state index contributed by atoms with van der Waals surface area (Å²) in [5.41, 5.74) is -0.844. The highest BCUT2D eigenvalue weighted by Gasteiger charge is 2.33. The minimum Gasteiger partial charge on any atom is -0.390 e. The maximum absolute atomic E-state index is 13.1. The first-order valence-corrected chi connectivity index (χ1v) is 10.8. The van der Waals surface area contributed by atoms with Crippen molar-refractivity contribution in [2.45, 2.75) is 56.2 Å². The molecule has 1 fully saturated rings. The van der Waals surface area contributed by atoms with Gasteiger partial charge in [0.2, 0.25) is 11.8 Å². The monoisotopic (exact) mass is 456 g/mol. The fourth-order valence-electron chi connectivity index (χ4n) is 3.45. The normalized spacial score (nSPS) is 14.6. The van der Waals surface area contributed by atoms with Gasteiger partial charge in [-0.2, -0.15) is 13.2 Å². The van der Waals surface area contributed by atoms with E-state index < -0.39 is 17.6 Å². The van der Waals surface area contributed by atoms with Crippen molar-refractivity contribution < 1.29 is 27.9 Å². The molecular weight excluding hydrogens is 433 g/mol. The second kappa shape index (κ2) is 10.2. The van der Waals surface area contributed by atoms with Crippen molar-refractivity contribution in [3.05, 3.63) is 41.7 Å². The summed E-state index contributed by atoms with van der Waals surface area (Å²) in [6.45, 7) is -0.400. The summed E-state index contributed by atoms with van der Waals surface area (Å²) >= 11 is 0.976. The lowest BCUT2D eigenvalue weighted by atomic mass is 10.1. The third-order valence-corrected chi connectivity index (χ3v) is 5.92. The lowest BCUT2D eigenvalue weighted by molar-refractivity contribution is -0.137. The Morgan fingerprint density at radius 2 is 1.90 bits per heavy atom. The average molecular weight is 456 g/mol. The van der Waals surface area contributed by atoms with Crippen LogP contribution >= 0.6 is 11.8 Å². The number of rotatable bonds is 8. The van der Waals surface area contributed by atoms with E-state index >= 15 is 0 Å². The second-order valence-electron chi connectivity index (χ2n) is 7.21. The van der Waals surface area contributed by atoms with Gasteiger partial charge < -0.3 is 20.3 Å². The van der Waals surface area contributed by atoms with Crippen LogP contribution in [0.25, 0.3) is 0 Å². The summed E-state index contributed by atoms with van der Waals surface area (Å²) in [6, 6.07) is 4.87. The number of benzene rings is 1. The van der Waals surface area contributed by atoms with Crippen molar-refractivity contribution in [3.8, 4) is 0 Å². The Morgan fingerprint density at radius 3 is 2.58 bits per heavy atom. The maximum Gasteiger partial charge on any atom is 0.418 e. The zero-order chi connectivity index (χ0) is 22.4. The predicted octanol–water partition coefficient (Wildman–Crippen LogP) is 3.18. The number of aromatic nitrogens is 2. The van der Waals surface area contributed by atoms with Gasteiger partial charge in [0.15, 0.2) is 5.16 Å². The Balaban J connectivity index is 1.62. The fraction of sp³-hybridized carbons (Fsp3) is 0.450. The van der Waals surface area contributed by atoms with Gasteiger partial charge in [-0.15, -0.1) is 0 Å². The summed E-state index contributed by atoms with van der Waals surface area (Å²) in [7, 11) is 0. The second-order valence-corrected chi connectivity index (χ2v) is 8.15. The molecule has 1 aliphatic carbocycles. The summed E-state index contributed by atoms with van der Waals surface area (Å²) in [4.78, 5) is 28.7. The van der Waals surface area contributed by atoms with Crippen LogP contribution in [0.4, 0.5) is 18.9 Å². The molecule has 0 atom stereocenters. The van der Waals surface area contributed by atoms with Gasteiger partial charge in [-0.05, 0) is 25.0 Å². The smallest absolute Gasteiger partial charge is 0.390 e. The number of nitrogens with one attached hydrogen (secondary N) is 2. The predicted molar refractivity (Wildman–Crippen MR) is 109 cm³/mol. The largest absolute Gasteiger partial charge is 0.418 e. The van der Waals surface area contributed by atoms with Crippen LogP contribution in [0.5, 0.6) is 0 Å². The van der Waals surface area contributed by atoms with Gasteiger partial charge >= 0.3 is 6.18 Å². The van der Waals surface area contributed by atoms with E-state index in [0.29, 0.717) is 10.9 Å². The van der Waals surface area contributed by atoms with E-state index in [1.807, 2.05) is 0 Å². The molecule has 2 amide bonds. The molecule has 7 nitrogen and oxygen atoms in total. The first kappa shape index (κ1) is 23.1. The molecule has 11 heteroatoms. The summed E-state index contributed by atoms with van der Waals surface area (Å²) < 4.78 is 40.7. The van der Waals surface area contributed by atoms with Crippen molar-refractivity contribution in [3.63, 3.8) is 0 Å². The Bertz CT molecular complexity index is 927. The number of thioether (sulfide) groups is 1. The molecule has 3 N–H and O–H groups in total. The molecule has 1 aliphatic rings. The highest BCUT2D eigenvalue weighted by molar-refractivity contribution is 7.99. The van der Waals surface area contributed by atoms with Gasteiger partial charge in [-0.1, -0.05) is 36.7 Å². The number of carbonyl (C=O) groups excluding carboxylic acids is 2. The van der Waals surface area contributed by atoms with Crippen LogP contribution in [-0.4, -0.2) is 38.3 Å². The number of imidazole rings is 1. The summed E-state index contributed by atoms with van der Waals surface area (Å²) in [6.07, 6.45) is 0.836. The highest BCUT2D eigenvalue weighted by atomic mass is 32.2. The van der Waals surface area contributed by atoms with Crippen LogP contribution in [-0.2, 0) is 28.9 Å². The van der Waals surface area contributed by atoms with Crippen molar-refractivity contribution in [1.82, 2.24) is 14.9 Å². The van der Waals surface area contributed by atoms with Crippen molar-refractivity contribution >= 4 is 29.3 Å². The molecule has 1 saturated carbocycles. The maximum atomic E-state index is 13.1. The van der Waals surface area contributed by atoms with Crippen molar-refractivity contribution in [2.75, 3.05) is 11.1 Å². The molecule has 1 aromatic heterocycles. The van der Waals surface area contributed by atoms with Crippen LogP contribution in [0.2, 0.25) is 0 Å². The number of aliphatic hydroxyl groups is 1. The number of para-hydroxylation sites is 1. The lowest BCUT2D eigenvalue weighted by Crippen LogP contribution is -2.35. The number of hydrogen-bond donors (Lipinski definition) is 3. The van der Waals surface area contributed by atoms with Crippen molar-refractivity contribution in [2.24, 2.45) is 0 Å². The van der Waals surface area contributed by atoms with E-state index in [2.05, 4.69) is 15.6 Å². The lowest BCUT2D eigenvalue weighted by Gasteiger charge is -2.15. The number of hydrogen-bond acceptors (Lipinski definition) is 5. The fourth-order valence-corrected chi connectivity index (χ4v) is 4.24. The molecule has 3 rings (SSSR count). The SMILES string of the molecule is O=C(CSc1ncc(CO)n1CC(=O)NC1CCCC1)Nc1ccccc1C(F)(F)F. The van der Waals surface area contributed by atoms with E-state index in [1.54, 1.807) is 0 Å². The van der Waals surface area contributed by atoms with E-state index in [-0.39, 0.29) is 36.5 Å². The molecule has 1 aromatic carbocycles. The van der Waals surface area contributed by atoms with E-state index in [9.17, 15) is 27.9 Å². The molecule has 0 spiro atoms. The average Bonchev–Trinajstić information content (AvgIpc) is 3.35. The zero-order valence-corrected chi connectivity index (χ0v) is 17.4. The number of nitrogens with zero attached hydrogens (tertiary/aromatic N) is 2. The molecule has 168 valence electrons. The number of halogens is 3. The number of anilines is 1. The van der Waals surface area contributed by atoms with E-state index in [0.717, 1.165) is 43.5 Å². The number of alkyl halides is 3. The first-order chi connectivity index (χ1) is 14.8. The van der Waals surface area contributed by atoms with Gasteiger partial charge in [0.25, 0.3) is 0 Å². The van der Waals surface area contributed by atoms with Crippen LogP contribution in [0.1, 0.15) is 36.9 Å². The van der Waals surface area contributed by atoms with E-state index in [1.165, 1.54) is 29.0 Å². The standard InChI is InChI=1S/C20H23F3N4O3S/c21-20(22,23)15-7-3-4-8-16(15)26-18(30)12-31-19-24-9-14(11-28)27(19)10-17(29)25-13-5-1-2-6-13/h3-4,7-9,13,28H,1-2,5-6,10-12H2,(H,25,29)(H,26,30). The molecule has 0 saturated heterocycles. The van der Waals surface area contributed by atoms with Crippen LogP contribution < -0.4 is 10.6 Å². The van der Waals surface area contributed by atoms with Gasteiger partial charge in [0, 0.05) is 6.04 Å². The van der Waals surface area contributed by atoms with Crippen LogP contribution in [0.15, 0.2) is 35.6 Å². The minimum atomic E-state index is -4.59.